The molecule has 4 heteroatoms. The van der Waals surface area contributed by atoms with Crippen molar-refractivity contribution in [3.8, 4) is 0 Å². The summed E-state index contributed by atoms with van der Waals surface area (Å²) in [6, 6.07) is 8.93. The lowest BCUT2D eigenvalue weighted by Gasteiger charge is -2.11. The second kappa shape index (κ2) is 7.28. The summed E-state index contributed by atoms with van der Waals surface area (Å²) in [7, 11) is 0. The average molecular weight is 274 g/mol. The van der Waals surface area contributed by atoms with Gasteiger partial charge in [-0.25, -0.2) is 4.79 Å². The fourth-order valence-corrected chi connectivity index (χ4v) is 1.86. The van der Waals surface area contributed by atoms with E-state index in [1.807, 2.05) is 6.07 Å². The Balaban J connectivity index is 3.40. The Kier molecular flexibility index (Phi) is 5.72. The Labute approximate surface area is 118 Å². The van der Waals surface area contributed by atoms with Crippen LogP contribution in [0.1, 0.15) is 26.3 Å². The zero-order chi connectivity index (χ0) is 15.1. The van der Waals surface area contributed by atoms with Crippen LogP contribution in [0.25, 0.3) is 5.57 Å². The minimum atomic E-state index is -0.550. The van der Waals surface area contributed by atoms with E-state index in [2.05, 4.69) is 0 Å². The Bertz CT molecular complexity index is 549. The van der Waals surface area contributed by atoms with Gasteiger partial charge in [-0.05, 0) is 26.3 Å². The molecule has 0 aliphatic rings. The summed E-state index contributed by atoms with van der Waals surface area (Å²) in [5.41, 5.74) is 1.14. The molecule has 1 aromatic rings. The summed E-state index contributed by atoms with van der Waals surface area (Å²) in [6.45, 7) is 4.71. The molecule has 0 atom stereocenters. The summed E-state index contributed by atoms with van der Waals surface area (Å²) < 4.78 is 4.87. The molecule has 0 fully saturated rings. The maximum Gasteiger partial charge on any atom is 0.331 e. The predicted molar refractivity (Wildman–Crippen MR) is 77.1 cm³/mol. The van der Waals surface area contributed by atoms with Gasteiger partial charge in [0.15, 0.2) is 5.78 Å². The highest BCUT2D eigenvalue weighted by Gasteiger charge is 2.17. The molecule has 0 saturated heterocycles. The van der Waals surface area contributed by atoms with Crippen LogP contribution in [0.2, 0.25) is 0 Å². The summed E-state index contributed by atoms with van der Waals surface area (Å²) in [5, 5.41) is 9.72. The molecule has 4 nitrogen and oxygen atoms in total. The molecule has 0 heterocycles. The predicted octanol–water partition coefficient (Wildman–Crippen LogP) is 3.05. The monoisotopic (exact) mass is 274 g/mol. The zero-order valence-electron chi connectivity index (χ0n) is 11.8. The number of benzene rings is 1. The van der Waals surface area contributed by atoms with Crippen molar-refractivity contribution < 1.29 is 19.4 Å². The number of carbonyl (C=O) groups is 2. The summed E-state index contributed by atoms with van der Waals surface area (Å²) in [5.74, 6) is -0.993. The van der Waals surface area contributed by atoms with Crippen molar-refractivity contribution in [1.82, 2.24) is 0 Å². The van der Waals surface area contributed by atoms with Crippen molar-refractivity contribution >= 4 is 17.3 Å². The zero-order valence-corrected chi connectivity index (χ0v) is 11.8. The highest BCUT2D eigenvalue weighted by molar-refractivity contribution is 6.12. The lowest BCUT2D eigenvalue weighted by Crippen LogP contribution is -2.07. The molecule has 0 amide bonds. The van der Waals surface area contributed by atoms with Gasteiger partial charge in [-0.2, -0.15) is 0 Å². The first kappa shape index (κ1) is 15.7. The van der Waals surface area contributed by atoms with E-state index in [1.54, 1.807) is 31.2 Å². The number of Topliss-reactive ketones (excluding diaryl/α,β-unsaturated/α-hetero) is 1. The number of hydrogen-bond acceptors (Lipinski definition) is 4. The number of hydrogen-bond donors (Lipinski definition) is 1. The molecule has 0 radical (unpaired) electrons. The highest BCUT2D eigenvalue weighted by atomic mass is 16.5. The minimum absolute atomic E-state index is 0.115. The number of esters is 1. The maximum absolute atomic E-state index is 11.7. The molecular formula is C16H18O4. The number of rotatable bonds is 5. The smallest absolute Gasteiger partial charge is 0.331 e. The molecule has 20 heavy (non-hydrogen) atoms. The second-order valence-electron chi connectivity index (χ2n) is 4.19. The van der Waals surface area contributed by atoms with Crippen molar-refractivity contribution in [3.63, 3.8) is 0 Å². The number of ketones is 1. The van der Waals surface area contributed by atoms with Gasteiger partial charge in [0.25, 0.3) is 0 Å². The van der Waals surface area contributed by atoms with Gasteiger partial charge in [-0.3, -0.25) is 4.79 Å². The molecule has 1 N–H and O–H groups in total. The third-order valence-corrected chi connectivity index (χ3v) is 2.62. The Hall–Kier alpha value is -2.36. The molecule has 0 bridgehead atoms. The van der Waals surface area contributed by atoms with Crippen molar-refractivity contribution in [3.05, 3.63) is 53.3 Å². The number of allylic oxidation sites excluding steroid dienone is 3. The van der Waals surface area contributed by atoms with Crippen molar-refractivity contribution in [2.45, 2.75) is 20.8 Å². The van der Waals surface area contributed by atoms with Crippen LogP contribution in [-0.4, -0.2) is 23.5 Å². The van der Waals surface area contributed by atoms with Crippen molar-refractivity contribution in [2.24, 2.45) is 0 Å². The van der Waals surface area contributed by atoms with E-state index in [1.165, 1.54) is 19.9 Å². The highest BCUT2D eigenvalue weighted by Crippen LogP contribution is 2.26. The molecule has 1 rings (SSSR count). The van der Waals surface area contributed by atoms with Gasteiger partial charge in [0.2, 0.25) is 0 Å². The lowest BCUT2D eigenvalue weighted by molar-refractivity contribution is -0.137. The van der Waals surface area contributed by atoms with E-state index in [4.69, 9.17) is 4.74 Å². The molecular weight excluding hydrogens is 256 g/mol. The SMILES string of the molecule is CCOC(=O)/C=C(\C(C(C)=O)=C(\C)O)c1ccccc1. The van der Waals surface area contributed by atoms with E-state index in [0.717, 1.165) is 0 Å². The Morgan fingerprint density at radius 2 is 1.80 bits per heavy atom. The van der Waals surface area contributed by atoms with Crippen LogP contribution >= 0.6 is 0 Å². The van der Waals surface area contributed by atoms with Gasteiger partial charge < -0.3 is 9.84 Å². The molecule has 0 aliphatic heterocycles. The molecule has 0 aromatic heterocycles. The van der Waals surface area contributed by atoms with Crippen LogP contribution in [0.5, 0.6) is 0 Å². The quantitative estimate of drug-likeness (QED) is 0.388. The first-order valence-electron chi connectivity index (χ1n) is 6.32. The summed E-state index contributed by atoms with van der Waals surface area (Å²) in [4.78, 5) is 23.4. The molecule has 0 saturated carbocycles. The molecule has 0 aliphatic carbocycles. The summed E-state index contributed by atoms with van der Waals surface area (Å²) in [6.07, 6.45) is 1.23. The number of aliphatic hydroxyl groups is 1. The van der Waals surface area contributed by atoms with Crippen LogP contribution in [0.15, 0.2) is 47.7 Å². The van der Waals surface area contributed by atoms with E-state index in [9.17, 15) is 14.7 Å². The van der Waals surface area contributed by atoms with E-state index in [0.29, 0.717) is 11.1 Å². The van der Waals surface area contributed by atoms with Gasteiger partial charge in [-0.1, -0.05) is 30.3 Å². The first-order chi connectivity index (χ1) is 9.47. The fourth-order valence-electron chi connectivity index (χ4n) is 1.86. The third kappa shape index (κ3) is 4.09. The number of carbonyl (C=O) groups excluding carboxylic acids is 2. The van der Waals surface area contributed by atoms with Crippen LogP contribution in [0.4, 0.5) is 0 Å². The van der Waals surface area contributed by atoms with E-state index in [-0.39, 0.29) is 23.7 Å². The van der Waals surface area contributed by atoms with Gasteiger partial charge in [-0.15, -0.1) is 0 Å². The Morgan fingerprint density at radius 1 is 1.20 bits per heavy atom. The van der Waals surface area contributed by atoms with Gasteiger partial charge in [0.1, 0.15) is 5.76 Å². The second-order valence-corrected chi connectivity index (χ2v) is 4.19. The van der Waals surface area contributed by atoms with Gasteiger partial charge in [0, 0.05) is 11.6 Å². The minimum Gasteiger partial charge on any atom is -0.512 e. The van der Waals surface area contributed by atoms with Gasteiger partial charge in [0.05, 0.1) is 12.2 Å². The normalized spacial score (nSPS) is 12.7. The largest absolute Gasteiger partial charge is 0.512 e. The molecule has 0 unspecified atom stereocenters. The standard InChI is InChI=1S/C16H18O4/c1-4-20-15(19)10-14(13-8-6-5-7-9-13)16(11(2)17)12(3)18/h5-10,17H,4H2,1-3H3/b14-10-,16-11-. The maximum atomic E-state index is 11.7. The summed E-state index contributed by atoms with van der Waals surface area (Å²) >= 11 is 0. The molecule has 106 valence electrons. The van der Waals surface area contributed by atoms with Gasteiger partial charge >= 0.3 is 5.97 Å². The van der Waals surface area contributed by atoms with E-state index < -0.39 is 5.97 Å². The van der Waals surface area contributed by atoms with Crippen LogP contribution in [0.3, 0.4) is 0 Å². The topological polar surface area (TPSA) is 63.6 Å². The van der Waals surface area contributed by atoms with Crippen molar-refractivity contribution in [1.29, 1.82) is 0 Å². The average Bonchev–Trinajstić information content (AvgIpc) is 2.38. The number of ether oxygens (including phenoxy) is 1. The van der Waals surface area contributed by atoms with Crippen molar-refractivity contribution in [2.75, 3.05) is 6.61 Å². The Morgan fingerprint density at radius 3 is 2.25 bits per heavy atom. The van der Waals surface area contributed by atoms with Crippen LogP contribution in [-0.2, 0) is 14.3 Å². The first-order valence-corrected chi connectivity index (χ1v) is 6.32. The van der Waals surface area contributed by atoms with Crippen LogP contribution in [0, 0.1) is 0 Å². The lowest BCUT2D eigenvalue weighted by atomic mass is 9.94. The van der Waals surface area contributed by atoms with Crippen LogP contribution < -0.4 is 0 Å². The fraction of sp³-hybridized carbons (Fsp3) is 0.250. The number of aliphatic hydroxyl groups excluding tert-OH is 1. The third-order valence-electron chi connectivity index (χ3n) is 2.62. The molecule has 1 aromatic carbocycles. The molecule has 0 spiro atoms. The van der Waals surface area contributed by atoms with E-state index >= 15 is 0 Å².